The van der Waals surface area contributed by atoms with Crippen molar-refractivity contribution in [3.05, 3.63) is 145 Å². The smallest absolute Gasteiger partial charge is 0.138 e. The second-order valence-electron chi connectivity index (χ2n) is 11.7. The first-order valence-electron chi connectivity index (χ1n) is 15.5. The van der Waals surface area contributed by atoms with Gasteiger partial charge in [-0.25, -0.2) is 9.97 Å². The summed E-state index contributed by atoms with van der Waals surface area (Å²) in [5, 5.41) is 3.78. The van der Waals surface area contributed by atoms with Crippen LogP contribution in [0.3, 0.4) is 0 Å². The second kappa shape index (κ2) is 10.1. The van der Waals surface area contributed by atoms with Crippen molar-refractivity contribution in [2.24, 2.45) is 0 Å². The lowest BCUT2D eigenvalue weighted by molar-refractivity contribution is 0.665. The third-order valence-corrected chi connectivity index (χ3v) is 9.13. The van der Waals surface area contributed by atoms with Gasteiger partial charge in [0.15, 0.2) is 0 Å². The Bertz CT molecular complexity index is 2330. The third kappa shape index (κ3) is 3.91. The summed E-state index contributed by atoms with van der Waals surface area (Å²) in [5.41, 5.74) is 10.7. The molecule has 0 bridgehead atoms. The van der Waals surface area contributed by atoms with Crippen molar-refractivity contribution in [1.29, 1.82) is 0 Å². The second-order valence-corrected chi connectivity index (χ2v) is 11.7. The number of hydrogen-bond donors (Lipinski definition) is 0. The molecule has 4 aromatic carbocycles. The van der Waals surface area contributed by atoms with Crippen LogP contribution in [0, 0.1) is 0 Å². The van der Waals surface area contributed by atoms with Gasteiger partial charge in [0.2, 0.25) is 0 Å². The predicted octanol–water partition coefficient (Wildman–Crippen LogP) is 9.73. The minimum absolute atomic E-state index is 0.933. The molecule has 0 N–H and O–H groups in total. The molecule has 44 heavy (non-hydrogen) atoms. The molecular formula is C40H30N4. The van der Waals surface area contributed by atoms with Gasteiger partial charge in [-0.1, -0.05) is 91.0 Å². The summed E-state index contributed by atoms with van der Waals surface area (Å²) in [6.45, 7) is 0. The minimum atomic E-state index is 0.933. The predicted molar refractivity (Wildman–Crippen MR) is 181 cm³/mol. The van der Waals surface area contributed by atoms with Gasteiger partial charge in [0, 0.05) is 33.0 Å². The van der Waals surface area contributed by atoms with Crippen molar-refractivity contribution in [3.63, 3.8) is 0 Å². The van der Waals surface area contributed by atoms with E-state index in [1.165, 1.54) is 51.3 Å². The Hall–Kier alpha value is -5.48. The van der Waals surface area contributed by atoms with Crippen molar-refractivity contribution < 1.29 is 0 Å². The highest BCUT2D eigenvalue weighted by atomic mass is 15.1. The van der Waals surface area contributed by atoms with Gasteiger partial charge in [-0.2, -0.15) is 0 Å². The van der Waals surface area contributed by atoms with Crippen LogP contribution in [0.25, 0.3) is 66.9 Å². The SMILES string of the molecule is c1ccc(-c2cccc(-n3c4c(c5cc6c(cc53)c3ccccc3n6-c3cccc(-c5ccccc5)n3)CCCC4)n2)cc1. The van der Waals surface area contributed by atoms with E-state index in [0.717, 1.165) is 52.5 Å². The van der Waals surface area contributed by atoms with Gasteiger partial charge < -0.3 is 0 Å². The van der Waals surface area contributed by atoms with Gasteiger partial charge in [-0.15, -0.1) is 0 Å². The molecule has 0 saturated heterocycles. The number of pyridine rings is 2. The molecule has 9 rings (SSSR count). The van der Waals surface area contributed by atoms with E-state index in [9.17, 15) is 0 Å². The van der Waals surface area contributed by atoms with E-state index in [1.807, 2.05) is 6.07 Å². The van der Waals surface area contributed by atoms with Crippen molar-refractivity contribution in [2.75, 3.05) is 0 Å². The van der Waals surface area contributed by atoms with E-state index >= 15 is 0 Å². The Morgan fingerprint density at radius 1 is 0.432 bits per heavy atom. The molecule has 8 aromatic rings. The van der Waals surface area contributed by atoms with E-state index in [0.29, 0.717) is 0 Å². The maximum atomic E-state index is 5.23. The number of aromatic nitrogens is 4. The highest BCUT2D eigenvalue weighted by Gasteiger charge is 2.24. The molecule has 4 heterocycles. The molecule has 0 amide bonds. The Morgan fingerprint density at radius 2 is 1.00 bits per heavy atom. The summed E-state index contributed by atoms with van der Waals surface area (Å²) in [7, 11) is 0. The fourth-order valence-corrected chi connectivity index (χ4v) is 7.15. The number of hydrogen-bond acceptors (Lipinski definition) is 2. The lowest BCUT2D eigenvalue weighted by Crippen LogP contribution is -2.08. The minimum Gasteiger partial charge on any atom is -0.298 e. The normalized spacial score (nSPS) is 13.1. The third-order valence-electron chi connectivity index (χ3n) is 9.13. The quantitative estimate of drug-likeness (QED) is 0.213. The Labute approximate surface area is 255 Å². The number of rotatable bonds is 4. The van der Waals surface area contributed by atoms with Crippen LogP contribution >= 0.6 is 0 Å². The van der Waals surface area contributed by atoms with E-state index in [1.54, 1.807) is 0 Å². The zero-order valence-electron chi connectivity index (χ0n) is 24.3. The Kier molecular flexibility index (Phi) is 5.73. The van der Waals surface area contributed by atoms with Crippen LogP contribution in [0.15, 0.2) is 133 Å². The number of fused-ring (bicyclic) bond motifs is 6. The zero-order chi connectivity index (χ0) is 29.0. The fraction of sp³-hybridized carbons (Fsp3) is 0.100. The van der Waals surface area contributed by atoms with Crippen molar-refractivity contribution >= 4 is 32.7 Å². The van der Waals surface area contributed by atoms with Crippen LogP contribution < -0.4 is 0 Å². The average molecular weight is 567 g/mol. The summed E-state index contributed by atoms with van der Waals surface area (Å²) in [5.74, 6) is 1.92. The van der Waals surface area contributed by atoms with Crippen LogP contribution in [0.1, 0.15) is 24.1 Å². The van der Waals surface area contributed by atoms with Crippen LogP contribution in [-0.4, -0.2) is 19.1 Å². The fourth-order valence-electron chi connectivity index (χ4n) is 7.15. The molecule has 0 radical (unpaired) electrons. The molecule has 0 fully saturated rings. The lowest BCUT2D eigenvalue weighted by atomic mass is 9.95. The summed E-state index contributed by atoms with van der Waals surface area (Å²) in [6, 6.07) is 47.2. The maximum absolute atomic E-state index is 5.23. The van der Waals surface area contributed by atoms with Crippen LogP contribution in [0.4, 0.5) is 0 Å². The van der Waals surface area contributed by atoms with E-state index in [4.69, 9.17) is 9.97 Å². The highest BCUT2D eigenvalue weighted by Crippen LogP contribution is 2.40. The highest BCUT2D eigenvalue weighted by molar-refractivity contribution is 6.14. The molecule has 4 aromatic heterocycles. The summed E-state index contributed by atoms with van der Waals surface area (Å²) < 4.78 is 4.79. The number of benzene rings is 4. The lowest BCUT2D eigenvalue weighted by Gasteiger charge is -2.16. The van der Waals surface area contributed by atoms with Gasteiger partial charge in [-0.05, 0) is 73.7 Å². The molecule has 210 valence electrons. The first-order valence-corrected chi connectivity index (χ1v) is 15.5. The van der Waals surface area contributed by atoms with Crippen LogP contribution in [0.5, 0.6) is 0 Å². The molecule has 1 aliphatic carbocycles. The standard InChI is InChI=1S/C40H30N4/c1-3-13-27(14-4-1)33-19-11-23-39(41-33)43-35-21-9-7-17-29(35)31-26-38-32(25-37(31)43)30-18-8-10-22-36(30)44(38)40-24-12-20-34(42-40)28-15-5-2-6-16-28/h1-7,9,11-17,19-21,23-26H,8,10,18,22H2. The maximum Gasteiger partial charge on any atom is 0.138 e. The molecule has 1 aliphatic rings. The molecule has 4 nitrogen and oxygen atoms in total. The number of nitrogens with zero attached hydrogens (tertiary/aromatic N) is 4. The van der Waals surface area contributed by atoms with Gasteiger partial charge in [0.1, 0.15) is 11.6 Å². The molecule has 0 unspecified atom stereocenters. The van der Waals surface area contributed by atoms with Gasteiger partial charge in [0.25, 0.3) is 0 Å². The monoisotopic (exact) mass is 566 g/mol. The van der Waals surface area contributed by atoms with Crippen LogP contribution in [0.2, 0.25) is 0 Å². The number of para-hydroxylation sites is 1. The Morgan fingerprint density at radius 3 is 1.70 bits per heavy atom. The number of aryl methyl sites for hydroxylation is 1. The molecule has 0 aliphatic heterocycles. The van der Waals surface area contributed by atoms with Gasteiger partial charge >= 0.3 is 0 Å². The summed E-state index contributed by atoms with van der Waals surface area (Å²) in [6.07, 6.45) is 4.56. The van der Waals surface area contributed by atoms with Crippen molar-refractivity contribution in [3.8, 4) is 34.2 Å². The van der Waals surface area contributed by atoms with E-state index < -0.39 is 0 Å². The first kappa shape index (κ1) is 25.1. The summed E-state index contributed by atoms with van der Waals surface area (Å²) >= 11 is 0. The van der Waals surface area contributed by atoms with Gasteiger partial charge in [-0.3, -0.25) is 9.13 Å². The summed E-state index contributed by atoms with van der Waals surface area (Å²) in [4.78, 5) is 10.4. The van der Waals surface area contributed by atoms with Crippen molar-refractivity contribution in [1.82, 2.24) is 19.1 Å². The topological polar surface area (TPSA) is 35.6 Å². The van der Waals surface area contributed by atoms with E-state index in [-0.39, 0.29) is 0 Å². The molecular weight excluding hydrogens is 536 g/mol. The average Bonchev–Trinajstić information content (AvgIpc) is 3.60. The Balaban J connectivity index is 1.32. The largest absolute Gasteiger partial charge is 0.298 e. The van der Waals surface area contributed by atoms with Gasteiger partial charge in [0.05, 0.1) is 27.9 Å². The molecule has 0 spiro atoms. The first-order chi connectivity index (χ1) is 21.8. The zero-order valence-corrected chi connectivity index (χ0v) is 24.3. The molecule has 0 atom stereocenters. The molecule has 0 saturated carbocycles. The van der Waals surface area contributed by atoms with Crippen molar-refractivity contribution in [2.45, 2.75) is 25.7 Å². The van der Waals surface area contributed by atoms with Crippen LogP contribution in [-0.2, 0) is 12.8 Å². The van der Waals surface area contributed by atoms with E-state index in [2.05, 4.69) is 137 Å². The molecule has 4 heteroatoms.